The van der Waals surface area contributed by atoms with Crippen LogP contribution in [0.3, 0.4) is 0 Å². The number of halogens is 1. The molecule has 8 heteroatoms. The molecule has 3 rings (SSSR count). The van der Waals surface area contributed by atoms with E-state index in [-0.39, 0.29) is 16.7 Å². The highest BCUT2D eigenvalue weighted by Crippen LogP contribution is 2.39. The fourth-order valence-electron chi connectivity index (χ4n) is 2.36. The predicted octanol–water partition coefficient (Wildman–Crippen LogP) is 3.13. The van der Waals surface area contributed by atoms with E-state index in [2.05, 4.69) is 10.3 Å². The van der Waals surface area contributed by atoms with E-state index in [4.69, 9.17) is 30.5 Å². The summed E-state index contributed by atoms with van der Waals surface area (Å²) in [7, 11) is 4.55. The number of rotatable bonds is 4. The average molecular weight is 363 g/mol. The highest BCUT2D eigenvalue weighted by Gasteiger charge is 2.24. The number of pyridine rings is 1. The number of ether oxygens (including phenoxy) is 4. The zero-order chi connectivity index (χ0) is 18.0. The number of carbonyl (C=O) groups excluding carboxylic acids is 1. The molecule has 0 fully saturated rings. The van der Waals surface area contributed by atoms with E-state index >= 15 is 0 Å². The quantitative estimate of drug-likeness (QED) is 0.665. The van der Waals surface area contributed by atoms with Crippen LogP contribution in [0.1, 0.15) is 5.56 Å². The largest absolute Gasteiger partial charge is 0.493 e. The Kier molecular flexibility index (Phi) is 4.67. The molecule has 1 N–H and O–H groups in total. The van der Waals surface area contributed by atoms with E-state index in [0.29, 0.717) is 28.6 Å². The standard InChI is InChI=1S/C17H15ClN2O5/c1-22-11-6-9(7-12(23-2)15(11)24-3)8-13-17(21)20-16-10(25-13)4-5-14(18)19-16/h4-8H,1-3H3,(H,19,20,21)/b13-8+. The van der Waals surface area contributed by atoms with E-state index in [1.165, 1.54) is 21.3 Å². The maximum absolute atomic E-state index is 12.2. The molecule has 2 heterocycles. The van der Waals surface area contributed by atoms with Crippen LogP contribution in [0.2, 0.25) is 5.15 Å². The highest BCUT2D eigenvalue weighted by molar-refractivity contribution is 6.29. The Labute approximate surface area is 149 Å². The minimum Gasteiger partial charge on any atom is -0.493 e. The first-order valence-electron chi connectivity index (χ1n) is 7.23. The summed E-state index contributed by atoms with van der Waals surface area (Å²) in [5.41, 5.74) is 0.644. The number of hydrogen-bond donors (Lipinski definition) is 1. The average Bonchev–Trinajstić information content (AvgIpc) is 2.61. The Morgan fingerprint density at radius 3 is 2.40 bits per heavy atom. The van der Waals surface area contributed by atoms with Crippen LogP contribution in [0, 0.1) is 0 Å². The van der Waals surface area contributed by atoms with Crippen molar-refractivity contribution in [1.29, 1.82) is 0 Å². The zero-order valence-corrected chi connectivity index (χ0v) is 14.5. The van der Waals surface area contributed by atoms with Gasteiger partial charge in [0.15, 0.2) is 28.8 Å². The molecule has 1 aliphatic heterocycles. The van der Waals surface area contributed by atoms with Crippen LogP contribution in [-0.4, -0.2) is 32.2 Å². The third kappa shape index (κ3) is 3.32. The van der Waals surface area contributed by atoms with Gasteiger partial charge in [-0.05, 0) is 35.9 Å². The van der Waals surface area contributed by atoms with Crippen molar-refractivity contribution in [2.45, 2.75) is 0 Å². The smallest absolute Gasteiger partial charge is 0.292 e. The van der Waals surface area contributed by atoms with Crippen LogP contribution in [0.15, 0.2) is 30.0 Å². The number of carbonyl (C=O) groups is 1. The second-order valence-electron chi connectivity index (χ2n) is 5.00. The molecule has 0 aliphatic carbocycles. The molecule has 7 nitrogen and oxygen atoms in total. The Bertz CT molecular complexity index is 841. The number of nitrogens with zero attached hydrogens (tertiary/aromatic N) is 1. The van der Waals surface area contributed by atoms with Gasteiger partial charge < -0.3 is 24.3 Å². The maximum Gasteiger partial charge on any atom is 0.292 e. The number of methoxy groups -OCH3 is 3. The molecule has 0 bridgehead atoms. The molecule has 0 atom stereocenters. The summed E-state index contributed by atoms with van der Waals surface area (Å²) in [4.78, 5) is 16.2. The van der Waals surface area contributed by atoms with Gasteiger partial charge in [-0.1, -0.05) is 11.6 Å². The molecule has 1 amide bonds. The number of anilines is 1. The van der Waals surface area contributed by atoms with Crippen LogP contribution >= 0.6 is 11.6 Å². The minimum absolute atomic E-state index is 0.103. The van der Waals surface area contributed by atoms with Crippen molar-refractivity contribution in [3.8, 4) is 23.0 Å². The summed E-state index contributed by atoms with van der Waals surface area (Å²) in [6, 6.07) is 6.63. The van der Waals surface area contributed by atoms with E-state index < -0.39 is 5.91 Å². The van der Waals surface area contributed by atoms with Crippen molar-refractivity contribution in [2.75, 3.05) is 26.6 Å². The number of benzene rings is 1. The topological polar surface area (TPSA) is 78.9 Å². The van der Waals surface area contributed by atoms with Crippen molar-refractivity contribution in [1.82, 2.24) is 4.98 Å². The first-order valence-corrected chi connectivity index (χ1v) is 7.61. The molecule has 1 aliphatic rings. The number of amides is 1. The van der Waals surface area contributed by atoms with E-state index in [1.54, 1.807) is 30.3 Å². The normalized spacial score (nSPS) is 14.4. The third-order valence-corrected chi connectivity index (χ3v) is 3.70. The van der Waals surface area contributed by atoms with Crippen LogP contribution in [0.5, 0.6) is 23.0 Å². The van der Waals surface area contributed by atoms with Crippen LogP contribution in [-0.2, 0) is 4.79 Å². The SMILES string of the molecule is COc1cc(/C=C2/Oc3ccc(Cl)nc3NC2=O)cc(OC)c1OC. The molecule has 0 unspecified atom stereocenters. The van der Waals surface area contributed by atoms with Crippen molar-refractivity contribution in [2.24, 2.45) is 0 Å². The Balaban J connectivity index is 2.00. The molecule has 0 radical (unpaired) electrons. The first kappa shape index (κ1) is 16.9. The van der Waals surface area contributed by atoms with Gasteiger partial charge in [0.05, 0.1) is 21.3 Å². The fourth-order valence-corrected chi connectivity index (χ4v) is 2.51. The molecule has 0 saturated carbocycles. The van der Waals surface area contributed by atoms with E-state index in [9.17, 15) is 4.79 Å². The zero-order valence-electron chi connectivity index (χ0n) is 13.8. The lowest BCUT2D eigenvalue weighted by Crippen LogP contribution is -2.24. The van der Waals surface area contributed by atoms with Gasteiger partial charge in [0.2, 0.25) is 5.75 Å². The van der Waals surface area contributed by atoms with Crippen LogP contribution in [0.25, 0.3) is 6.08 Å². The van der Waals surface area contributed by atoms with Crippen molar-refractivity contribution >= 4 is 29.4 Å². The minimum atomic E-state index is -0.434. The summed E-state index contributed by atoms with van der Waals surface area (Å²) in [6.07, 6.45) is 1.57. The number of fused-ring (bicyclic) bond motifs is 1. The van der Waals surface area contributed by atoms with E-state index in [0.717, 1.165) is 0 Å². The Hall–Kier alpha value is -2.93. The third-order valence-electron chi connectivity index (χ3n) is 3.48. The molecular weight excluding hydrogens is 348 g/mol. The lowest BCUT2D eigenvalue weighted by Gasteiger charge is -2.19. The molecule has 2 aromatic rings. The second-order valence-corrected chi connectivity index (χ2v) is 5.39. The van der Waals surface area contributed by atoms with Crippen molar-refractivity contribution in [3.63, 3.8) is 0 Å². The molecule has 0 spiro atoms. The fraction of sp³-hybridized carbons (Fsp3) is 0.176. The van der Waals surface area contributed by atoms with E-state index in [1.807, 2.05) is 0 Å². The van der Waals surface area contributed by atoms with Gasteiger partial charge in [-0.3, -0.25) is 4.79 Å². The Morgan fingerprint density at radius 1 is 1.12 bits per heavy atom. The Morgan fingerprint density at radius 2 is 1.80 bits per heavy atom. The van der Waals surface area contributed by atoms with Crippen LogP contribution in [0.4, 0.5) is 5.82 Å². The summed E-state index contributed by atoms with van der Waals surface area (Å²) in [5.74, 6) is 1.76. The van der Waals surface area contributed by atoms with Crippen molar-refractivity contribution < 1.29 is 23.7 Å². The summed E-state index contributed by atoms with van der Waals surface area (Å²) in [5, 5.41) is 2.90. The van der Waals surface area contributed by atoms with Gasteiger partial charge in [-0.25, -0.2) is 4.98 Å². The van der Waals surface area contributed by atoms with Gasteiger partial charge in [0, 0.05) is 0 Å². The monoisotopic (exact) mass is 362 g/mol. The number of hydrogen-bond acceptors (Lipinski definition) is 6. The maximum atomic E-state index is 12.2. The summed E-state index contributed by atoms with van der Waals surface area (Å²) in [6.45, 7) is 0. The molecule has 25 heavy (non-hydrogen) atoms. The first-order chi connectivity index (χ1) is 12.0. The van der Waals surface area contributed by atoms with Gasteiger partial charge in [-0.15, -0.1) is 0 Å². The summed E-state index contributed by atoms with van der Waals surface area (Å²) < 4.78 is 21.5. The van der Waals surface area contributed by atoms with Gasteiger partial charge in [0.1, 0.15) is 5.15 Å². The van der Waals surface area contributed by atoms with Gasteiger partial charge in [-0.2, -0.15) is 0 Å². The number of aromatic nitrogens is 1. The predicted molar refractivity (Wildman–Crippen MR) is 92.6 cm³/mol. The molecule has 1 aromatic carbocycles. The van der Waals surface area contributed by atoms with Gasteiger partial charge in [0.25, 0.3) is 5.91 Å². The summed E-state index contributed by atoms with van der Waals surface area (Å²) >= 11 is 5.81. The molecule has 0 saturated heterocycles. The molecular formula is C17H15ClN2O5. The van der Waals surface area contributed by atoms with Crippen molar-refractivity contribution in [3.05, 3.63) is 40.7 Å². The molecule has 130 valence electrons. The highest BCUT2D eigenvalue weighted by atomic mass is 35.5. The lowest BCUT2D eigenvalue weighted by atomic mass is 10.1. The number of nitrogens with one attached hydrogen (secondary N) is 1. The van der Waals surface area contributed by atoms with Gasteiger partial charge >= 0.3 is 0 Å². The lowest BCUT2D eigenvalue weighted by molar-refractivity contribution is -0.115. The molecule has 1 aromatic heterocycles. The van der Waals surface area contributed by atoms with Crippen LogP contribution < -0.4 is 24.3 Å². The second kappa shape index (κ2) is 6.90.